The molecule has 0 N–H and O–H groups in total. The van der Waals surface area contributed by atoms with Crippen molar-refractivity contribution < 1.29 is 4.79 Å². The first-order valence-corrected chi connectivity index (χ1v) is 8.64. The first-order chi connectivity index (χ1) is 11.1. The van der Waals surface area contributed by atoms with Gasteiger partial charge in [-0.25, -0.2) is 0 Å². The Morgan fingerprint density at radius 3 is 2.57 bits per heavy atom. The number of benzene rings is 2. The number of carbonyl (C=O) groups is 1. The number of hydrogen-bond acceptors (Lipinski definition) is 2. The molecule has 0 atom stereocenters. The fourth-order valence-corrected chi connectivity index (χ4v) is 3.48. The molecule has 3 heteroatoms. The van der Waals surface area contributed by atoms with Gasteiger partial charge in [0.05, 0.1) is 5.52 Å². The summed E-state index contributed by atoms with van der Waals surface area (Å²) in [6.45, 7) is 1.95. The van der Waals surface area contributed by atoms with E-state index in [1.54, 1.807) is 0 Å². The minimum atomic E-state index is 0.183. The number of rotatable bonds is 3. The summed E-state index contributed by atoms with van der Waals surface area (Å²) in [5, 5.41) is 1.03. The van der Waals surface area contributed by atoms with Crippen molar-refractivity contribution >= 4 is 32.6 Å². The van der Waals surface area contributed by atoms with Crippen LogP contribution in [-0.2, 0) is 0 Å². The van der Waals surface area contributed by atoms with E-state index in [9.17, 15) is 4.79 Å². The molecule has 1 saturated carbocycles. The van der Waals surface area contributed by atoms with Crippen molar-refractivity contribution in [2.24, 2.45) is 5.92 Å². The molecule has 23 heavy (non-hydrogen) atoms. The molecule has 1 fully saturated rings. The van der Waals surface area contributed by atoms with Crippen LogP contribution in [0.2, 0.25) is 0 Å². The van der Waals surface area contributed by atoms with Crippen molar-refractivity contribution in [1.82, 2.24) is 4.98 Å². The van der Waals surface area contributed by atoms with Crippen molar-refractivity contribution in [2.45, 2.75) is 19.8 Å². The van der Waals surface area contributed by atoms with Crippen LogP contribution in [0.1, 0.15) is 28.9 Å². The van der Waals surface area contributed by atoms with Gasteiger partial charge in [-0.2, -0.15) is 0 Å². The van der Waals surface area contributed by atoms with Crippen LogP contribution >= 0.6 is 15.9 Å². The molecule has 1 heterocycles. The van der Waals surface area contributed by atoms with E-state index >= 15 is 0 Å². The van der Waals surface area contributed by atoms with Crippen LogP contribution in [0, 0.1) is 12.8 Å². The molecule has 0 unspecified atom stereocenters. The maximum Gasteiger partial charge on any atom is 0.168 e. The second kappa shape index (κ2) is 5.57. The van der Waals surface area contributed by atoms with E-state index in [0.29, 0.717) is 0 Å². The van der Waals surface area contributed by atoms with Gasteiger partial charge in [-0.15, -0.1) is 0 Å². The molecule has 2 nitrogen and oxygen atoms in total. The Hall–Kier alpha value is -2.00. The normalized spacial score (nSPS) is 14.2. The SMILES string of the molecule is Cc1nc2ccc(Br)cc2c(-c2ccccc2)c1C(=O)C1CC1. The fourth-order valence-electron chi connectivity index (χ4n) is 3.11. The Bertz CT molecular complexity index is 914. The van der Waals surface area contributed by atoms with Gasteiger partial charge in [0.15, 0.2) is 5.78 Å². The first-order valence-electron chi connectivity index (χ1n) is 7.84. The maximum atomic E-state index is 12.9. The molecule has 1 aliphatic carbocycles. The van der Waals surface area contributed by atoms with Crippen LogP contribution in [0.15, 0.2) is 53.0 Å². The number of Topliss-reactive ketones (excluding diaryl/α,β-unsaturated/α-hetero) is 1. The number of fused-ring (bicyclic) bond motifs is 1. The van der Waals surface area contributed by atoms with Crippen LogP contribution < -0.4 is 0 Å². The summed E-state index contributed by atoms with van der Waals surface area (Å²) in [5.74, 6) is 0.429. The van der Waals surface area contributed by atoms with Crippen molar-refractivity contribution in [3.05, 3.63) is 64.3 Å². The van der Waals surface area contributed by atoms with E-state index < -0.39 is 0 Å². The minimum Gasteiger partial charge on any atom is -0.294 e. The van der Waals surface area contributed by atoms with E-state index in [-0.39, 0.29) is 11.7 Å². The number of ketones is 1. The number of carbonyl (C=O) groups excluding carboxylic acids is 1. The van der Waals surface area contributed by atoms with E-state index in [1.807, 2.05) is 37.3 Å². The third kappa shape index (κ3) is 2.59. The number of pyridine rings is 1. The van der Waals surface area contributed by atoms with Crippen LogP contribution in [0.5, 0.6) is 0 Å². The van der Waals surface area contributed by atoms with E-state index in [4.69, 9.17) is 4.98 Å². The molecule has 3 aromatic rings. The molecule has 2 aromatic carbocycles. The van der Waals surface area contributed by atoms with Gasteiger partial charge in [-0.05, 0) is 43.5 Å². The van der Waals surface area contributed by atoms with Gasteiger partial charge in [0.2, 0.25) is 0 Å². The zero-order chi connectivity index (χ0) is 16.0. The molecule has 0 spiro atoms. The zero-order valence-corrected chi connectivity index (χ0v) is 14.4. The lowest BCUT2D eigenvalue weighted by Crippen LogP contribution is -2.09. The third-order valence-electron chi connectivity index (χ3n) is 4.38. The van der Waals surface area contributed by atoms with Crippen LogP contribution in [0.4, 0.5) is 0 Å². The second-order valence-corrected chi connectivity index (χ2v) is 7.03. The van der Waals surface area contributed by atoms with Gasteiger partial charge in [-0.1, -0.05) is 46.3 Å². The Balaban J connectivity index is 2.10. The van der Waals surface area contributed by atoms with Gasteiger partial charge in [-0.3, -0.25) is 9.78 Å². The summed E-state index contributed by atoms with van der Waals surface area (Å²) in [7, 11) is 0. The predicted molar refractivity (Wildman–Crippen MR) is 96.7 cm³/mol. The van der Waals surface area contributed by atoms with E-state index in [2.05, 4.69) is 34.1 Å². The van der Waals surface area contributed by atoms with E-state index in [0.717, 1.165) is 50.6 Å². The number of aryl methyl sites for hydroxylation is 1. The highest BCUT2D eigenvalue weighted by Crippen LogP contribution is 2.40. The average molecular weight is 366 g/mol. The largest absolute Gasteiger partial charge is 0.294 e. The predicted octanol–water partition coefficient (Wildman–Crippen LogP) is 5.57. The monoisotopic (exact) mass is 365 g/mol. The smallest absolute Gasteiger partial charge is 0.168 e. The van der Waals surface area contributed by atoms with Crippen molar-refractivity contribution in [3.8, 4) is 11.1 Å². The van der Waals surface area contributed by atoms with Gasteiger partial charge in [0, 0.05) is 32.6 Å². The molecule has 1 aliphatic rings. The maximum absolute atomic E-state index is 12.9. The quantitative estimate of drug-likeness (QED) is 0.568. The third-order valence-corrected chi connectivity index (χ3v) is 4.88. The van der Waals surface area contributed by atoms with Crippen molar-refractivity contribution in [3.63, 3.8) is 0 Å². The minimum absolute atomic E-state index is 0.183. The number of hydrogen-bond donors (Lipinski definition) is 0. The second-order valence-electron chi connectivity index (χ2n) is 6.11. The van der Waals surface area contributed by atoms with Crippen LogP contribution in [0.3, 0.4) is 0 Å². The molecule has 1 aromatic heterocycles. The number of halogens is 1. The van der Waals surface area contributed by atoms with Crippen molar-refractivity contribution in [2.75, 3.05) is 0 Å². The molecule has 0 amide bonds. The summed E-state index contributed by atoms with van der Waals surface area (Å²) < 4.78 is 0.998. The Morgan fingerprint density at radius 1 is 1.13 bits per heavy atom. The Morgan fingerprint density at radius 2 is 1.87 bits per heavy atom. The lowest BCUT2D eigenvalue weighted by atomic mass is 9.91. The van der Waals surface area contributed by atoms with Gasteiger partial charge < -0.3 is 0 Å². The lowest BCUT2D eigenvalue weighted by Gasteiger charge is -2.15. The fraction of sp³-hybridized carbons (Fsp3) is 0.200. The first kappa shape index (κ1) is 14.6. The highest BCUT2D eigenvalue weighted by atomic mass is 79.9. The lowest BCUT2D eigenvalue weighted by molar-refractivity contribution is 0.0967. The summed E-state index contributed by atoms with van der Waals surface area (Å²) in [4.78, 5) is 17.6. The standard InChI is InChI=1S/C20H16BrNO/c1-12-18(20(23)14-7-8-14)19(13-5-3-2-4-6-13)16-11-15(21)9-10-17(16)22-12/h2-6,9-11,14H,7-8H2,1H3. The van der Waals surface area contributed by atoms with Gasteiger partial charge in [0.25, 0.3) is 0 Å². The zero-order valence-electron chi connectivity index (χ0n) is 12.8. The molecule has 0 bridgehead atoms. The highest BCUT2D eigenvalue weighted by Gasteiger charge is 2.33. The average Bonchev–Trinajstić information content (AvgIpc) is 3.39. The topological polar surface area (TPSA) is 30.0 Å². The molecule has 0 saturated heterocycles. The number of aromatic nitrogens is 1. The summed E-state index contributed by atoms with van der Waals surface area (Å²) in [6, 6.07) is 16.2. The molecular formula is C20H16BrNO. The van der Waals surface area contributed by atoms with E-state index in [1.165, 1.54) is 0 Å². The van der Waals surface area contributed by atoms with Gasteiger partial charge >= 0.3 is 0 Å². The van der Waals surface area contributed by atoms with Crippen LogP contribution in [0.25, 0.3) is 22.0 Å². The molecule has 0 radical (unpaired) electrons. The number of nitrogens with zero attached hydrogens (tertiary/aromatic N) is 1. The molecule has 114 valence electrons. The summed E-state index contributed by atoms with van der Waals surface area (Å²) in [6.07, 6.45) is 2.01. The van der Waals surface area contributed by atoms with Crippen molar-refractivity contribution in [1.29, 1.82) is 0 Å². The highest BCUT2D eigenvalue weighted by molar-refractivity contribution is 9.10. The molecular weight excluding hydrogens is 350 g/mol. The summed E-state index contributed by atoms with van der Waals surface area (Å²) in [5.41, 5.74) is 4.65. The molecule has 4 rings (SSSR count). The van der Waals surface area contributed by atoms with Gasteiger partial charge in [0.1, 0.15) is 0 Å². The molecule has 0 aliphatic heterocycles. The van der Waals surface area contributed by atoms with Crippen LogP contribution in [-0.4, -0.2) is 10.8 Å². The Labute approximate surface area is 143 Å². The Kier molecular flexibility index (Phi) is 3.53. The summed E-state index contributed by atoms with van der Waals surface area (Å²) >= 11 is 3.55.